The van der Waals surface area contributed by atoms with Gasteiger partial charge in [-0.05, 0) is 29.3 Å². The van der Waals surface area contributed by atoms with Gasteiger partial charge >= 0.3 is 0 Å². The highest BCUT2D eigenvalue weighted by atomic mass is 32.1. The summed E-state index contributed by atoms with van der Waals surface area (Å²) in [6.07, 6.45) is 0. The summed E-state index contributed by atoms with van der Waals surface area (Å²) in [5.74, 6) is 0.875. The molecule has 0 amide bonds. The molecule has 0 N–H and O–H groups in total. The van der Waals surface area contributed by atoms with Gasteiger partial charge in [0.2, 0.25) is 0 Å². The first-order valence-electron chi connectivity index (χ1n) is 9.15. The average Bonchev–Trinajstić information content (AvgIpc) is 3.15. The summed E-state index contributed by atoms with van der Waals surface area (Å²) in [6.45, 7) is 4.49. The first-order valence-corrected chi connectivity index (χ1v) is 9.97. The molecule has 0 bridgehead atoms. The van der Waals surface area contributed by atoms with Crippen molar-refractivity contribution in [2.45, 2.75) is 26.3 Å². The van der Waals surface area contributed by atoms with Crippen LogP contribution in [0.2, 0.25) is 0 Å². The summed E-state index contributed by atoms with van der Waals surface area (Å²) >= 11 is 1.55. The van der Waals surface area contributed by atoms with Crippen LogP contribution in [0.15, 0.2) is 65.5 Å². The van der Waals surface area contributed by atoms with Crippen molar-refractivity contribution in [3.05, 3.63) is 88.0 Å². The van der Waals surface area contributed by atoms with E-state index in [9.17, 15) is 4.79 Å². The Morgan fingerprint density at radius 3 is 2.61 bits per heavy atom. The number of hydrogen-bond acceptors (Lipinski definition) is 4. The molecule has 0 aliphatic rings. The summed E-state index contributed by atoms with van der Waals surface area (Å²) in [4.78, 5) is 20.0. The molecule has 2 aromatic heterocycles. The summed E-state index contributed by atoms with van der Waals surface area (Å²) in [7, 11) is 0. The second-order valence-corrected chi connectivity index (χ2v) is 8.05. The molecule has 28 heavy (non-hydrogen) atoms. The molecule has 0 aliphatic heterocycles. The topological polar surface area (TPSA) is 58.7 Å². The third-order valence-electron chi connectivity index (χ3n) is 4.65. The van der Waals surface area contributed by atoms with Gasteiger partial charge in [-0.15, -0.1) is 11.3 Å². The van der Waals surface area contributed by atoms with E-state index in [-0.39, 0.29) is 11.5 Å². The molecule has 0 aliphatic carbocycles. The first kappa shape index (κ1) is 18.1. The lowest BCUT2D eigenvalue weighted by Crippen LogP contribution is -2.26. The number of hydrogen-bond donors (Lipinski definition) is 0. The molecule has 0 spiro atoms. The lowest BCUT2D eigenvalue weighted by Gasteiger charge is -2.15. The molecule has 4 nitrogen and oxygen atoms in total. The van der Waals surface area contributed by atoms with E-state index in [0.717, 1.165) is 26.7 Å². The summed E-state index contributed by atoms with van der Waals surface area (Å²) < 4.78 is 1.74. The Kier molecular flexibility index (Phi) is 4.81. The molecule has 0 fully saturated rings. The molecule has 5 heteroatoms. The lowest BCUT2D eigenvalue weighted by molar-refractivity contribution is 0.635. The van der Waals surface area contributed by atoms with E-state index < -0.39 is 0 Å². The predicted octanol–water partition coefficient (Wildman–Crippen LogP) is 5.17. The zero-order valence-corrected chi connectivity index (χ0v) is 16.5. The Hall–Kier alpha value is -3.23. The Morgan fingerprint density at radius 2 is 1.89 bits per heavy atom. The molecule has 0 unspecified atom stereocenters. The van der Waals surface area contributed by atoms with E-state index in [1.54, 1.807) is 22.0 Å². The number of nitriles is 1. The highest BCUT2D eigenvalue weighted by molar-refractivity contribution is 7.21. The monoisotopic (exact) mass is 385 g/mol. The van der Waals surface area contributed by atoms with Crippen LogP contribution in [0.3, 0.4) is 0 Å². The average molecular weight is 385 g/mol. The third kappa shape index (κ3) is 3.35. The minimum atomic E-state index is -0.0329. The Balaban J connectivity index is 1.87. The lowest BCUT2D eigenvalue weighted by atomic mass is 10.1. The van der Waals surface area contributed by atoms with Gasteiger partial charge in [-0.3, -0.25) is 9.36 Å². The Morgan fingerprint density at radius 1 is 1.11 bits per heavy atom. The van der Waals surface area contributed by atoms with Gasteiger partial charge in [-0.2, -0.15) is 5.26 Å². The Bertz CT molecular complexity index is 1250. The van der Waals surface area contributed by atoms with E-state index in [1.165, 1.54) is 0 Å². The van der Waals surface area contributed by atoms with E-state index in [0.29, 0.717) is 17.5 Å². The van der Waals surface area contributed by atoms with Crippen LogP contribution in [0.4, 0.5) is 0 Å². The minimum absolute atomic E-state index is 0.0329. The predicted molar refractivity (Wildman–Crippen MR) is 114 cm³/mol. The van der Waals surface area contributed by atoms with Gasteiger partial charge in [0.15, 0.2) is 0 Å². The molecule has 138 valence electrons. The van der Waals surface area contributed by atoms with Crippen LogP contribution in [-0.2, 0) is 6.54 Å². The minimum Gasteiger partial charge on any atom is -0.291 e. The van der Waals surface area contributed by atoms with Crippen LogP contribution in [0, 0.1) is 11.3 Å². The number of aromatic nitrogens is 2. The second-order valence-electron chi connectivity index (χ2n) is 7.02. The normalized spacial score (nSPS) is 11.1. The zero-order chi connectivity index (χ0) is 19.7. The maximum absolute atomic E-state index is 13.3. The van der Waals surface area contributed by atoms with Crippen molar-refractivity contribution in [3.63, 3.8) is 0 Å². The molecule has 0 radical (unpaired) electrons. The maximum Gasteiger partial charge on any atom is 0.262 e. The SMILES string of the molecule is CC(C)c1nc2sc(-c3ccccc3)cc2c(=O)n1Cc1cccc(C#N)c1. The van der Waals surface area contributed by atoms with Crippen molar-refractivity contribution in [1.29, 1.82) is 5.26 Å². The molecule has 2 heterocycles. The molecule has 0 saturated carbocycles. The molecule has 0 saturated heterocycles. The fourth-order valence-electron chi connectivity index (χ4n) is 3.29. The number of nitrogens with zero attached hydrogens (tertiary/aromatic N) is 3. The zero-order valence-electron chi connectivity index (χ0n) is 15.7. The smallest absolute Gasteiger partial charge is 0.262 e. The van der Waals surface area contributed by atoms with Crippen LogP contribution in [0.25, 0.3) is 20.7 Å². The Labute approximate surface area is 167 Å². The highest BCUT2D eigenvalue weighted by Gasteiger charge is 2.17. The molecule has 0 atom stereocenters. The highest BCUT2D eigenvalue weighted by Crippen LogP contribution is 2.31. The van der Waals surface area contributed by atoms with E-state index in [1.807, 2.05) is 68.4 Å². The van der Waals surface area contributed by atoms with Crippen molar-refractivity contribution < 1.29 is 0 Å². The van der Waals surface area contributed by atoms with Crippen molar-refractivity contribution in [2.75, 3.05) is 0 Å². The molecular formula is C23H19N3OS. The fraction of sp³-hybridized carbons (Fsp3) is 0.174. The second kappa shape index (κ2) is 7.41. The standard InChI is InChI=1S/C23H19N3OS/c1-15(2)21-25-22-19(12-20(28-22)18-9-4-3-5-10-18)23(27)26(21)14-17-8-6-7-16(11-17)13-24/h3-12,15H,14H2,1-2H3. The van der Waals surface area contributed by atoms with Crippen LogP contribution in [0.1, 0.15) is 36.7 Å². The van der Waals surface area contributed by atoms with Gasteiger partial charge in [-0.25, -0.2) is 4.98 Å². The quantitative estimate of drug-likeness (QED) is 0.487. The van der Waals surface area contributed by atoms with Crippen LogP contribution in [0.5, 0.6) is 0 Å². The summed E-state index contributed by atoms with van der Waals surface area (Å²) in [5, 5.41) is 9.79. The van der Waals surface area contributed by atoms with Crippen LogP contribution in [-0.4, -0.2) is 9.55 Å². The fourth-order valence-corrected chi connectivity index (χ4v) is 4.33. The molecule has 2 aromatic carbocycles. The number of thiophene rings is 1. The van der Waals surface area contributed by atoms with Gasteiger partial charge < -0.3 is 0 Å². The van der Waals surface area contributed by atoms with Gasteiger partial charge in [0.05, 0.1) is 23.6 Å². The molecule has 4 rings (SSSR count). The third-order valence-corrected chi connectivity index (χ3v) is 5.73. The number of rotatable bonds is 4. The van der Waals surface area contributed by atoms with E-state index >= 15 is 0 Å². The van der Waals surface area contributed by atoms with Gasteiger partial charge in [0.25, 0.3) is 5.56 Å². The summed E-state index contributed by atoms with van der Waals surface area (Å²) in [6, 6.07) is 21.5. The van der Waals surface area contributed by atoms with Crippen molar-refractivity contribution >= 4 is 21.6 Å². The van der Waals surface area contributed by atoms with Gasteiger partial charge in [-0.1, -0.05) is 56.3 Å². The first-order chi connectivity index (χ1) is 13.6. The van der Waals surface area contributed by atoms with E-state index in [4.69, 9.17) is 10.2 Å². The van der Waals surface area contributed by atoms with Gasteiger partial charge in [0, 0.05) is 10.8 Å². The largest absolute Gasteiger partial charge is 0.291 e. The van der Waals surface area contributed by atoms with Crippen LogP contribution < -0.4 is 5.56 Å². The van der Waals surface area contributed by atoms with Gasteiger partial charge in [0.1, 0.15) is 10.7 Å². The molecular weight excluding hydrogens is 366 g/mol. The number of benzene rings is 2. The van der Waals surface area contributed by atoms with Crippen molar-refractivity contribution in [2.24, 2.45) is 0 Å². The maximum atomic E-state index is 13.3. The number of fused-ring (bicyclic) bond motifs is 1. The van der Waals surface area contributed by atoms with E-state index in [2.05, 4.69) is 6.07 Å². The molecule has 4 aromatic rings. The summed E-state index contributed by atoms with van der Waals surface area (Å²) in [5.41, 5.74) is 2.56. The van der Waals surface area contributed by atoms with Crippen molar-refractivity contribution in [3.8, 4) is 16.5 Å². The van der Waals surface area contributed by atoms with Crippen molar-refractivity contribution in [1.82, 2.24) is 9.55 Å². The van der Waals surface area contributed by atoms with Crippen LogP contribution >= 0.6 is 11.3 Å².